The summed E-state index contributed by atoms with van der Waals surface area (Å²) in [5, 5.41) is 8.72. The Hall–Kier alpha value is -2.82. The summed E-state index contributed by atoms with van der Waals surface area (Å²) in [5.74, 6) is -0.445. The lowest BCUT2D eigenvalue weighted by molar-refractivity contribution is -0.141. The van der Waals surface area contributed by atoms with Gasteiger partial charge in [-0.05, 0) is 24.3 Å². The Kier molecular flexibility index (Phi) is 3.67. The lowest BCUT2D eigenvalue weighted by Crippen LogP contribution is -2.16. The monoisotopic (exact) mass is 293 g/mol. The molecule has 0 aliphatic rings. The summed E-state index contributed by atoms with van der Waals surface area (Å²) in [7, 11) is 1.54. The van der Waals surface area contributed by atoms with Crippen LogP contribution in [0.1, 0.15) is 11.3 Å². The highest BCUT2D eigenvalue weighted by Crippen LogP contribution is 2.31. The smallest absolute Gasteiger partial charge is 0.368 e. The van der Waals surface area contributed by atoms with E-state index >= 15 is 0 Å². The van der Waals surface area contributed by atoms with Crippen LogP contribution in [-0.4, -0.2) is 17.0 Å². The summed E-state index contributed by atoms with van der Waals surface area (Å²) in [6, 6.07) is 9.09. The van der Waals surface area contributed by atoms with Crippen molar-refractivity contribution in [2.45, 2.75) is 6.18 Å². The van der Waals surface area contributed by atoms with E-state index in [9.17, 15) is 13.2 Å². The Balaban J connectivity index is 2.40. The van der Waals surface area contributed by atoms with Crippen molar-refractivity contribution in [1.82, 2.24) is 9.97 Å². The van der Waals surface area contributed by atoms with Gasteiger partial charge in [0, 0.05) is 18.8 Å². The van der Waals surface area contributed by atoms with E-state index in [4.69, 9.17) is 11.0 Å². The highest BCUT2D eigenvalue weighted by atomic mass is 19.4. The number of anilines is 3. The van der Waals surface area contributed by atoms with Crippen LogP contribution in [0.5, 0.6) is 0 Å². The molecule has 1 aromatic heterocycles. The van der Waals surface area contributed by atoms with Crippen molar-refractivity contribution in [3.63, 3.8) is 0 Å². The highest BCUT2D eigenvalue weighted by molar-refractivity contribution is 5.61. The van der Waals surface area contributed by atoms with Crippen molar-refractivity contribution in [1.29, 1.82) is 5.26 Å². The third kappa shape index (κ3) is 3.20. The van der Waals surface area contributed by atoms with Crippen LogP contribution in [0.25, 0.3) is 0 Å². The SMILES string of the molecule is CN(c1ccc(C#N)cc1)c1cc(C(F)(F)F)nc(N)n1. The number of nitriles is 1. The number of alkyl halides is 3. The Bertz CT molecular complexity index is 688. The molecule has 0 aliphatic heterocycles. The van der Waals surface area contributed by atoms with Gasteiger partial charge in [0.25, 0.3) is 0 Å². The predicted octanol–water partition coefficient (Wildman–Crippen LogP) is 2.72. The number of nitrogens with zero attached hydrogens (tertiary/aromatic N) is 4. The lowest BCUT2D eigenvalue weighted by atomic mass is 10.2. The number of nitrogen functional groups attached to an aromatic ring is 1. The van der Waals surface area contributed by atoms with Crippen LogP contribution in [0.2, 0.25) is 0 Å². The minimum absolute atomic E-state index is 0.0135. The van der Waals surface area contributed by atoms with Crippen molar-refractivity contribution in [3.8, 4) is 6.07 Å². The molecule has 21 heavy (non-hydrogen) atoms. The molecule has 0 amide bonds. The number of hydrogen-bond acceptors (Lipinski definition) is 5. The summed E-state index contributed by atoms with van der Waals surface area (Å²) in [5.41, 5.74) is 5.24. The van der Waals surface area contributed by atoms with E-state index in [0.29, 0.717) is 11.3 Å². The van der Waals surface area contributed by atoms with Gasteiger partial charge in [-0.1, -0.05) is 0 Å². The van der Waals surface area contributed by atoms with Crippen molar-refractivity contribution in [3.05, 3.63) is 41.6 Å². The van der Waals surface area contributed by atoms with Gasteiger partial charge in [-0.15, -0.1) is 0 Å². The maximum absolute atomic E-state index is 12.7. The van der Waals surface area contributed by atoms with E-state index in [1.165, 1.54) is 4.90 Å². The number of halogens is 3. The zero-order chi connectivity index (χ0) is 15.6. The molecule has 0 radical (unpaired) electrons. The molecule has 0 saturated carbocycles. The predicted molar refractivity (Wildman–Crippen MR) is 70.7 cm³/mol. The van der Waals surface area contributed by atoms with E-state index in [1.807, 2.05) is 6.07 Å². The number of nitrogens with two attached hydrogens (primary N) is 1. The molecule has 0 unspecified atom stereocenters. The van der Waals surface area contributed by atoms with Crippen LogP contribution >= 0.6 is 0 Å². The van der Waals surface area contributed by atoms with Crippen LogP contribution in [0.15, 0.2) is 30.3 Å². The van der Waals surface area contributed by atoms with Gasteiger partial charge < -0.3 is 10.6 Å². The fourth-order valence-electron chi connectivity index (χ4n) is 1.66. The topological polar surface area (TPSA) is 78.8 Å². The fourth-order valence-corrected chi connectivity index (χ4v) is 1.66. The molecule has 0 spiro atoms. The molecule has 8 heteroatoms. The van der Waals surface area contributed by atoms with Gasteiger partial charge in [0.1, 0.15) is 5.82 Å². The molecule has 2 N–H and O–H groups in total. The number of hydrogen-bond donors (Lipinski definition) is 1. The largest absolute Gasteiger partial charge is 0.433 e. The van der Waals surface area contributed by atoms with Crippen molar-refractivity contribution < 1.29 is 13.2 Å². The minimum atomic E-state index is -4.60. The third-order valence-electron chi connectivity index (χ3n) is 2.75. The van der Waals surface area contributed by atoms with Gasteiger partial charge in [0.05, 0.1) is 11.6 Å². The van der Waals surface area contributed by atoms with Gasteiger partial charge in [-0.2, -0.15) is 23.4 Å². The zero-order valence-electron chi connectivity index (χ0n) is 10.9. The number of benzene rings is 1. The summed E-state index contributed by atoms with van der Waals surface area (Å²) >= 11 is 0. The van der Waals surface area contributed by atoms with E-state index in [0.717, 1.165) is 6.07 Å². The second kappa shape index (κ2) is 5.28. The Morgan fingerprint density at radius 3 is 2.33 bits per heavy atom. The minimum Gasteiger partial charge on any atom is -0.368 e. The van der Waals surface area contributed by atoms with Crippen molar-refractivity contribution in [2.75, 3.05) is 17.7 Å². The molecular weight excluding hydrogens is 283 g/mol. The number of rotatable bonds is 2. The summed E-state index contributed by atoms with van der Waals surface area (Å²) < 4.78 is 38.1. The first-order valence-corrected chi connectivity index (χ1v) is 5.77. The normalized spacial score (nSPS) is 11.0. The molecule has 0 atom stereocenters. The first-order chi connectivity index (χ1) is 9.81. The van der Waals surface area contributed by atoms with Crippen molar-refractivity contribution >= 4 is 17.5 Å². The second-order valence-corrected chi connectivity index (χ2v) is 4.19. The zero-order valence-corrected chi connectivity index (χ0v) is 10.9. The van der Waals surface area contributed by atoms with Gasteiger partial charge in [0.2, 0.25) is 5.95 Å². The van der Waals surface area contributed by atoms with Crippen LogP contribution in [0.4, 0.5) is 30.6 Å². The maximum Gasteiger partial charge on any atom is 0.433 e. The molecule has 1 heterocycles. The van der Waals surface area contributed by atoms with E-state index in [1.54, 1.807) is 31.3 Å². The van der Waals surface area contributed by atoms with E-state index in [2.05, 4.69) is 9.97 Å². The molecule has 2 aromatic rings. The molecule has 2 rings (SSSR count). The lowest BCUT2D eigenvalue weighted by Gasteiger charge is -2.19. The molecule has 0 fully saturated rings. The van der Waals surface area contributed by atoms with Crippen LogP contribution in [0.3, 0.4) is 0 Å². The average molecular weight is 293 g/mol. The molecular formula is C13H10F3N5. The van der Waals surface area contributed by atoms with E-state index in [-0.39, 0.29) is 5.82 Å². The summed E-state index contributed by atoms with van der Waals surface area (Å²) in [6.45, 7) is 0. The summed E-state index contributed by atoms with van der Waals surface area (Å²) in [4.78, 5) is 8.40. The van der Waals surface area contributed by atoms with Crippen LogP contribution in [0, 0.1) is 11.3 Å². The van der Waals surface area contributed by atoms with Crippen LogP contribution in [-0.2, 0) is 6.18 Å². The van der Waals surface area contributed by atoms with Gasteiger partial charge in [0.15, 0.2) is 5.69 Å². The molecule has 108 valence electrons. The molecule has 5 nitrogen and oxygen atoms in total. The second-order valence-electron chi connectivity index (χ2n) is 4.19. The standard InChI is InChI=1S/C13H10F3N5/c1-21(9-4-2-8(7-17)3-5-9)11-6-10(13(14,15)16)19-12(18)20-11/h2-6H,1H3,(H2,18,19,20). The number of aromatic nitrogens is 2. The quantitative estimate of drug-likeness (QED) is 0.921. The van der Waals surface area contributed by atoms with Crippen molar-refractivity contribution in [2.24, 2.45) is 0 Å². The molecule has 0 saturated heterocycles. The first kappa shape index (κ1) is 14.6. The molecule has 0 bridgehead atoms. The van der Waals surface area contributed by atoms with E-state index < -0.39 is 17.8 Å². The summed E-state index contributed by atoms with van der Waals surface area (Å²) in [6.07, 6.45) is -4.60. The van der Waals surface area contributed by atoms with Crippen LogP contribution < -0.4 is 10.6 Å². The van der Waals surface area contributed by atoms with Gasteiger partial charge in [-0.25, -0.2) is 4.98 Å². The Morgan fingerprint density at radius 1 is 1.19 bits per heavy atom. The molecule has 1 aromatic carbocycles. The average Bonchev–Trinajstić information content (AvgIpc) is 2.45. The Labute approximate surface area is 118 Å². The fraction of sp³-hybridized carbons (Fsp3) is 0.154. The Morgan fingerprint density at radius 2 is 1.81 bits per heavy atom. The first-order valence-electron chi connectivity index (χ1n) is 5.77. The van der Waals surface area contributed by atoms with Gasteiger partial charge in [-0.3, -0.25) is 0 Å². The van der Waals surface area contributed by atoms with Gasteiger partial charge >= 0.3 is 6.18 Å². The maximum atomic E-state index is 12.7. The molecule has 0 aliphatic carbocycles. The third-order valence-corrected chi connectivity index (χ3v) is 2.75. The highest BCUT2D eigenvalue weighted by Gasteiger charge is 2.33.